The number of halogens is 6. The molecule has 30 heteroatoms. The van der Waals surface area contributed by atoms with Gasteiger partial charge in [0, 0.05) is 45.7 Å². The molecule has 2 aliphatic rings. The second-order valence-corrected chi connectivity index (χ2v) is 18.2. The van der Waals surface area contributed by atoms with Crippen molar-refractivity contribution in [3.8, 4) is 0 Å². The molecule has 0 amide bonds. The molecule has 8 atom stereocenters. The second-order valence-electron chi connectivity index (χ2n) is 15.4. The van der Waals surface area contributed by atoms with Crippen molar-refractivity contribution in [2.45, 2.75) is 103 Å². The van der Waals surface area contributed by atoms with E-state index in [0.717, 1.165) is 0 Å². The summed E-state index contributed by atoms with van der Waals surface area (Å²) in [6, 6.07) is 13.5. The molecule has 5 rings (SSSR count). The predicted molar refractivity (Wildman–Crippen MR) is 220 cm³/mol. The van der Waals surface area contributed by atoms with Gasteiger partial charge >= 0.3 is 53.1 Å². The van der Waals surface area contributed by atoms with Crippen molar-refractivity contribution in [3.63, 3.8) is 0 Å². The fraction of sp³-hybridized carbons (Fsp3) is 0.476. The molecule has 398 valence electrons. The van der Waals surface area contributed by atoms with Crippen LogP contribution in [0.3, 0.4) is 0 Å². The lowest BCUT2D eigenvalue weighted by Crippen LogP contribution is -2.46. The Bertz CT molecular complexity index is 2590. The predicted octanol–water partition coefficient (Wildman–Crippen LogP) is 3.14. The molecule has 0 saturated carbocycles. The number of benzene rings is 1. The van der Waals surface area contributed by atoms with Crippen LogP contribution in [0.1, 0.15) is 85.8 Å². The Balaban J connectivity index is 0.000000734. The van der Waals surface area contributed by atoms with E-state index in [4.69, 9.17) is 63.8 Å². The van der Waals surface area contributed by atoms with E-state index in [-0.39, 0.29) is 49.4 Å². The van der Waals surface area contributed by atoms with Crippen LogP contribution in [0.25, 0.3) is 0 Å². The smallest absolute Gasteiger partial charge is 0.485 e. The van der Waals surface area contributed by atoms with Crippen LogP contribution in [0.4, 0.5) is 26.3 Å². The van der Waals surface area contributed by atoms with Gasteiger partial charge in [-0.15, -0.1) is 0 Å². The zero-order chi connectivity index (χ0) is 54.5. The van der Waals surface area contributed by atoms with Crippen molar-refractivity contribution in [2.75, 3.05) is 13.2 Å². The first-order valence-corrected chi connectivity index (χ1v) is 23.4. The summed E-state index contributed by atoms with van der Waals surface area (Å²) in [6.45, 7) is 8.67. The van der Waals surface area contributed by atoms with Crippen molar-refractivity contribution in [1.82, 2.24) is 0 Å². The number of carbonyl (C=O) groups is 6. The highest BCUT2D eigenvalue weighted by Gasteiger charge is 2.51. The summed E-state index contributed by atoms with van der Waals surface area (Å²) < 4.78 is 166. The molecule has 3 aromatic rings. The quantitative estimate of drug-likeness (QED) is 0.0559. The lowest BCUT2D eigenvalue weighted by atomic mass is 10.0. The number of ether oxygens (including phenoxy) is 8. The Kier molecular flexibility index (Phi) is 21.1. The third kappa shape index (κ3) is 18.1. The van der Waals surface area contributed by atoms with E-state index in [1.54, 1.807) is 82.5 Å². The number of alkyl halides is 6. The summed E-state index contributed by atoms with van der Waals surface area (Å²) in [5.74, 6) is -3.74. The number of pyridine rings is 2. The van der Waals surface area contributed by atoms with Crippen molar-refractivity contribution < 1.29 is 128 Å². The van der Waals surface area contributed by atoms with Gasteiger partial charge in [0.25, 0.3) is 6.23 Å². The Hall–Kier alpha value is -6.34. The van der Waals surface area contributed by atoms with Gasteiger partial charge in [0.1, 0.15) is 55.9 Å². The van der Waals surface area contributed by atoms with Crippen LogP contribution in [0, 0.1) is 11.8 Å². The molecule has 0 bridgehead atoms. The molecule has 4 heterocycles. The van der Waals surface area contributed by atoms with E-state index in [1.165, 1.54) is 27.7 Å². The third-order valence-electron chi connectivity index (χ3n) is 9.89. The molecular weight excluding hydrogens is 1030 g/mol. The normalized spacial score (nSPS) is 21.9. The van der Waals surface area contributed by atoms with Crippen molar-refractivity contribution >= 4 is 56.1 Å². The van der Waals surface area contributed by atoms with Crippen LogP contribution >= 0.6 is 0 Å². The van der Waals surface area contributed by atoms with E-state index in [2.05, 4.69) is 0 Å². The van der Waals surface area contributed by atoms with Crippen molar-refractivity contribution in [3.05, 3.63) is 95.6 Å². The molecule has 22 nitrogen and oxygen atoms in total. The number of rotatable bonds is 14. The van der Waals surface area contributed by atoms with Crippen LogP contribution in [-0.4, -0.2) is 110 Å². The Morgan fingerprint density at radius 2 is 0.917 bits per heavy atom. The first kappa shape index (κ1) is 60.0. The highest BCUT2D eigenvalue weighted by molar-refractivity contribution is 7.86. The van der Waals surface area contributed by atoms with E-state index >= 15 is 0 Å². The Morgan fingerprint density at radius 1 is 0.556 bits per heavy atom. The summed E-state index contributed by atoms with van der Waals surface area (Å²) in [5, 5.41) is 0. The van der Waals surface area contributed by atoms with Gasteiger partial charge in [0.05, 0.1) is 5.92 Å². The summed E-state index contributed by atoms with van der Waals surface area (Å²) >= 11 is 0. The second kappa shape index (κ2) is 25.4. The molecule has 2 saturated heterocycles. The average Bonchev–Trinajstić information content (AvgIpc) is 3.75. The third-order valence-corrected chi connectivity index (χ3v) is 11.0. The highest BCUT2D eigenvalue weighted by atomic mass is 32.2. The fourth-order valence-electron chi connectivity index (χ4n) is 6.51. The van der Waals surface area contributed by atoms with Gasteiger partial charge in [-0.1, -0.05) is 31.2 Å². The zero-order valence-electron chi connectivity index (χ0n) is 38.5. The molecular formula is C42H46F6N2O20S2. The van der Waals surface area contributed by atoms with Gasteiger partial charge in [-0.2, -0.15) is 35.5 Å². The van der Waals surface area contributed by atoms with Crippen molar-refractivity contribution in [2.24, 2.45) is 11.8 Å². The number of aromatic nitrogens is 2. The lowest BCUT2D eigenvalue weighted by molar-refractivity contribution is -0.765. The maximum absolute atomic E-state index is 13.1. The van der Waals surface area contributed by atoms with Gasteiger partial charge in [-0.25, -0.2) is 26.4 Å². The Labute approximate surface area is 406 Å². The first-order chi connectivity index (χ1) is 33.2. The zero-order valence-corrected chi connectivity index (χ0v) is 40.2. The van der Waals surface area contributed by atoms with Crippen LogP contribution in [0.15, 0.2) is 73.3 Å². The van der Waals surface area contributed by atoms with E-state index in [0.29, 0.717) is 11.1 Å². The maximum Gasteiger partial charge on any atom is 0.485 e. The topological polar surface area (TPSA) is 298 Å². The van der Waals surface area contributed by atoms with E-state index in [9.17, 15) is 55.1 Å². The van der Waals surface area contributed by atoms with Gasteiger partial charge in [0.2, 0.25) is 0 Å². The number of nitrogens with zero attached hydrogens (tertiary/aromatic N) is 2. The summed E-state index contributed by atoms with van der Waals surface area (Å²) in [7, 11) is -12.2. The lowest BCUT2D eigenvalue weighted by Gasteiger charge is -2.19. The van der Waals surface area contributed by atoms with Gasteiger partial charge in [-0.3, -0.25) is 19.2 Å². The van der Waals surface area contributed by atoms with Crippen LogP contribution in [0.2, 0.25) is 0 Å². The molecule has 2 aliphatic heterocycles. The fourth-order valence-corrected chi connectivity index (χ4v) is 6.51. The molecule has 0 N–H and O–H groups in total. The minimum Gasteiger partial charge on any atom is -0.741 e. The van der Waals surface area contributed by atoms with Gasteiger partial charge < -0.3 is 47.0 Å². The number of hydrogen-bond acceptors (Lipinski definition) is 20. The molecule has 2 aromatic heterocycles. The monoisotopic (exact) mass is 1080 g/mol. The highest BCUT2D eigenvalue weighted by Crippen LogP contribution is 2.35. The number of carbonyl (C=O) groups excluding carboxylic acids is 6. The average molecular weight is 1080 g/mol. The largest absolute Gasteiger partial charge is 0.741 e. The molecule has 1 aromatic carbocycles. The summed E-state index contributed by atoms with van der Waals surface area (Å²) in [6.07, 6.45) is 2.53. The molecule has 0 aliphatic carbocycles. The molecule has 0 radical (unpaired) electrons. The number of hydrogen-bond donors (Lipinski definition) is 0. The van der Waals surface area contributed by atoms with Gasteiger partial charge in [-0.05, 0) is 30.2 Å². The SMILES string of the molecule is CC(=O)OC[C@H]1O[C@@H]([n+]2cccc(C(=O)OCc3ccc(COC(=O)c4ccc[n+]([C@@H]5O[C@H](COC(C)=O)[C@@H](OC(C)=O)[C@H]5C)c4)cc3)c2)[C@H](OC(C)=O)[C@@H]1C.O=S(=O)([O-])C(F)(F)F.O=S(=O)([O-])C(F)(F)F. The molecule has 2 fully saturated rings. The van der Waals surface area contributed by atoms with E-state index in [1.807, 2.05) is 13.8 Å². The first-order valence-electron chi connectivity index (χ1n) is 20.6. The van der Waals surface area contributed by atoms with Crippen LogP contribution in [0.5, 0.6) is 0 Å². The molecule has 72 heavy (non-hydrogen) atoms. The maximum atomic E-state index is 13.1. The van der Waals surface area contributed by atoms with E-state index < -0.39 is 104 Å². The minimum atomic E-state index is -6.09. The molecule has 0 spiro atoms. The Morgan fingerprint density at radius 3 is 1.29 bits per heavy atom. The molecule has 0 unspecified atom stereocenters. The number of esters is 6. The van der Waals surface area contributed by atoms with Crippen LogP contribution < -0.4 is 9.13 Å². The minimum absolute atomic E-state index is 0.0128. The van der Waals surface area contributed by atoms with Crippen molar-refractivity contribution in [1.29, 1.82) is 0 Å². The van der Waals surface area contributed by atoms with Crippen LogP contribution in [-0.2, 0) is 90.5 Å². The standard InChI is InChI=1S/C40H46N2O14.2CHF3O3S/c1-23-33(21-49-25(3)43)55-38(36(23)54-28(6)46)42-16-8-10-32(18-42)40(48)52-20-30-13-11-29(12-14-30)19-51-39(47)31-9-7-15-41(17-31)37-24(2)35(53-27(5)45)34(56-37)22-50-26(4)44;2*2-1(3,4)8(5,6)7/h7-18,23-24,33-38H,19-22H2,1-6H3;2*(H,5,6,7)/q+2;;/p-2/t23-,24-,33-,34-,35+,36-,37-,38-;;/m1../s1. The summed E-state index contributed by atoms with van der Waals surface area (Å²) in [4.78, 5) is 72.5. The summed E-state index contributed by atoms with van der Waals surface area (Å²) in [5.41, 5.74) is -9.40. The van der Waals surface area contributed by atoms with Gasteiger partial charge in [0.15, 0.2) is 51.1 Å².